The number of aryl methyl sites for hydroxylation is 1. The van der Waals surface area contributed by atoms with Crippen LogP contribution in [0.25, 0.3) is 31.8 Å². The van der Waals surface area contributed by atoms with Gasteiger partial charge in [0.25, 0.3) is 5.56 Å². The molecule has 130 valence electrons. The molecule has 1 aromatic carbocycles. The first kappa shape index (κ1) is 16.6. The van der Waals surface area contributed by atoms with Crippen LogP contribution in [0.15, 0.2) is 35.4 Å². The number of primary amides is 1. The van der Waals surface area contributed by atoms with Crippen LogP contribution in [0.5, 0.6) is 0 Å². The fourth-order valence-corrected chi connectivity index (χ4v) is 3.99. The van der Waals surface area contributed by atoms with Crippen molar-refractivity contribution >= 4 is 49.3 Å². The number of aromatic nitrogens is 4. The Bertz CT molecular complexity index is 1230. The number of rotatable bonds is 3. The maximum absolute atomic E-state index is 12.6. The maximum atomic E-state index is 12.6. The van der Waals surface area contributed by atoms with E-state index in [-0.39, 0.29) is 12.1 Å². The molecule has 0 fully saturated rings. The molecule has 0 bridgehead atoms. The number of nitrogens with two attached hydrogens (primary N) is 1. The molecule has 3 aromatic heterocycles. The Morgan fingerprint density at radius 2 is 2.00 bits per heavy atom. The van der Waals surface area contributed by atoms with Gasteiger partial charge in [0, 0.05) is 10.6 Å². The van der Waals surface area contributed by atoms with Crippen LogP contribution in [0.4, 0.5) is 0 Å². The number of halogens is 1. The fraction of sp³-hybridized carbons (Fsp3) is 0.118. The molecule has 1 amide bonds. The minimum Gasteiger partial charge on any atom is -0.368 e. The highest BCUT2D eigenvalue weighted by molar-refractivity contribution is 7.25. The first-order valence-corrected chi connectivity index (χ1v) is 8.84. The Morgan fingerprint density at radius 3 is 2.69 bits per heavy atom. The van der Waals surface area contributed by atoms with Crippen LogP contribution in [-0.4, -0.2) is 25.4 Å². The highest BCUT2D eigenvalue weighted by Crippen LogP contribution is 2.32. The van der Waals surface area contributed by atoms with E-state index in [1.807, 2.05) is 19.1 Å². The van der Waals surface area contributed by atoms with Crippen molar-refractivity contribution in [2.24, 2.45) is 5.73 Å². The van der Waals surface area contributed by atoms with Crippen molar-refractivity contribution in [1.29, 1.82) is 0 Å². The minimum absolute atomic E-state index is 0.212. The van der Waals surface area contributed by atoms with Gasteiger partial charge in [0.2, 0.25) is 5.91 Å². The standard InChI is InChI=1S/C17H12ClN5O2S/c1-8-12-13-14(17(25)23(7-20-13)6-11(19)24)26-16(12)22-15(21-8)9-2-4-10(18)5-3-9/h2-5,7H,6H2,1H3,(H2,19,24). The zero-order valence-corrected chi connectivity index (χ0v) is 15.1. The Labute approximate surface area is 156 Å². The third-order valence-electron chi connectivity index (χ3n) is 3.92. The molecular weight excluding hydrogens is 374 g/mol. The van der Waals surface area contributed by atoms with Crippen LogP contribution in [-0.2, 0) is 11.3 Å². The summed E-state index contributed by atoms with van der Waals surface area (Å²) in [6.07, 6.45) is 1.33. The van der Waals surface area contributed by atoms with E-state index in [1.54, 1.807) is 12.1 Å². The molecule has 0 saturated heterocycles. The number of nitrogens with zero attached hydrogens (tertiary/aromatic N) is 4. The molecule has 3 heterocycles. The average Bonchev–Trinajstić information content (AvgIpc) is 2.97. The molecule has 4 rings (SSSR count). The van der Waals surface area contributed by atoms with Gasteiger partial charge in [0.1, 0.15) is 16.1 Å². The lowest BCUT2D eigenvalue weighted by Gasteiger charge is -2.03. The lowest BCUT2D eigenvalue weighted by Crippen LogP contribution is -2.27. The normalized spacial score (nSPS) is 11.3. The molecule has 26 heavy (non-hydrogen) atoms. The van der Waals surface area contributed by atoms with Gasteiger partial charge < -0.3 is 5.73 Å². The van der Waals surface area contributed by atoms with Gasteiger partial charge in [0.05, 0.1) is 22.9 Å². The van der Waals surface area contributed by atoms with Gasteiger partial charge in [-0.1, -0.05) is 11.6 Å². The summed E-state index contributed by atoms with van der Waals surface area (Å²) < 4.78 is 1.62. The van der Waals surface area contributed by atoms with Crippen molar-refractivity contribution in [3.63, 3.8) is 0 Å². The van der Waals surface area contributed by atoms with Crippen LogP contribution < -0.4 is 11.3 Å². The Kier molecular flexibility index (Phi) is 3.93. The summed E-state index contributed by atoms with van der Waals surface area (Å²) in [5.41, 5.74) is 6.96. The smallest absolute Gasteiger partial charge is 0.271 e. The summed E-state index contributed by atoms with van der Waals surface area (Å²) in [4.78, 5) is 37.9. The van der Waals surface area contributed by atoms with Crippen molar-refractivity contribution in [3.8, 4) is 11.4 Å². The summed E-state index contributed by atoms with van der Waals surface area (Å²) in [5.74, 6) is -0.0500. The summed E-state index contributed by atoms with van der Waals surface area (Å²) in [6, 6.07) is 7.23. The molecule has 0 radical (unpaired) electrons. The topological polar surface area (TPSA) is 104 Å². The third kappa shape index (κ3) is 2.73. The molecule has 7 nitrogen and oxygen atoms in total. The highest BCUT2D eigenvalue weighted by atomic mass is 35.5. The van der Waals surface area contributed by atoms with Crippen LogP contribution in [0, 0.1) is 6.92 Å². The van der Waals surface area contributed by atoms with Crippen LogP contribution in [0.2, 0.25) is 5.02 Å². The highest BCUT2D eigenvalue weighted by Gasteiger charge is 2.17. The molecule has 0 aliphatic heterocycles. The molecule has 0 atom stereocenters. The summed E-state index contributed by atoms with van der Waals surface area (Å²) >= 11 is 7.16. The number of hydrogen-bond donors (Lipinski definition) is 1. The van der Waals surface area contributed by atoms with Gasteiger partial charge in [-0.3, -0.25) is 14.2 Å². The van der Waals surface area contributed by atoms with Crippen molar-refractivity contribution in [1.82, 2.24) is 19.5 Å². The first-order chi connectivity index (χ1) is 12.4. The Morgan fingerprint density at radius 1 is 1.27 bits per heavy atom. The lowest BCUT2D eigenvalue weighted by molar-refractivity contribution is -0.118. The SMILES string of the molecule is Cc1nc(-c2ccc(Cl)cc2)nc2sc3c(=O)n(CC(N)=O)cnc3c12. The van der Waals surface area contributed by atoms with Gasteiger partial charge in [-0.25, -0.2) is 15.0 Å². The number of benzene rings is 1. The molecule has 4 aromatic rings. The van der Waals surface area contributed by atoms with Gasteiger partial charge in [-0.2, -0.15) is 0 Å². The van der Waals surface area contributed by atoms with Crippen molar-refractivity contribution in [2.75, 3.05) is 0 Å². The number of thiophene rings is 1. The van der Waals surface area contributed by atoms with E-state index >= 15 is 0 Å². The molecule has 0 unspecified atom stereocenters. The van der Waals surface area contributed by atoms with E-state index in [1.165, 1.54) is 22.2 Å². The lowest BCUT2D eigenvalue weighted by atomic mass is 10.2. The van der Waals surface area contributed by atoms with Crippen LogP contribution in [0.1, 0.15) is 5.69 Å². The van der Waals surface area contributed by atoms with Crippen LogP contribution >= 0.6 is 22.9 Å². The van der Waals surface area contributed by atoms with E-state index in [0.29, 0.717) is 25.9 Å². The van der Waals surface area contributed by atoms with Gasteiger partial charge >= 0.3 is 0 Å². The molecule has 0 saturated carbocycles. The van der Waals surface area contributed by atoms with Gasteiger partial charge in [-0.15, -0.1) is 11.3 Å². The van der Waals surface area contributed by atoms with Gasteiger partial charge in [-0.05, 0) is 31.2 Å². The minimum atomic E-state index is -0.602. The number of hydrogen-bond acceptors (Lipinski definition) is 6. The summed E-state index contributed by atoms with van der Waals surface area (Å²) in [7, 11) is 0. The van der Waals surface area contributed by atoms with E-state index < -0.39 is 5.91 Å². The monoisotopic (exact) mass is 385 g/mol. The predicted molar refractivity (Wildman–Crippen MR) is 101 cm³/mol. The van der Waals surface area contributed by atoms with E-state index in [4.69, 9.17) is 17.3 Å². The molecule has 0 aliphatic carbocycles. The summed E-state index contributed by atoms with van der Waals surface area (Å²) in [5, 5.41) is 1.37. The Hall–Kier alpha value is -2.84. The second-order valence-electron chi connectivity index (χ2n) is 5.74. The Balaban J connectivity index is 1.96. The summed E-state index contributed by atoms with van der Waals surface area (Å²) in [6.45, 7) is 1.64. The van der Waals surface area contributed by atoms with Crippen molar-refractivity contribution < 1.29 is 4.79 Å². The second-order valence-corrected chi connectivity index (χ2v) is 7.18. The third-order valence-corrected chi connectivity index (χ3v) is 5.23. The zero-order chi connectivity index (χ0) is 18.4. The van der Waals surface area contributed by atoms with Crippen molar-refractivity contribution in [2.45, 2.75) is 13.5 Å². The molecule has 0 spiro atoms. The predicted octanol–water partition coefficient (Wildman–Crippen LogP) is 2.52. The van der Waals surface area contributed by atoms with Crippen molar-refractivity contribution in [3.05, 3.63) is 51.7 Å². The molecule has 9 heteroatoms. The molecular formula is C17H12ClN5O2S. The second kappa shape index (κ2) is 6.15. The quantitative estimate of drug-likeness (QED) is 0.583. The van der Waals surface area contributed by atoms with E-state index in [2.05, 4.69) is 15.0 Å². The maximum Gasteiger partial charge on any atom is 0.271 e. The van der Waals surface area contributed by atoms with Crippen LogP contribution in [0.3, 0.4) is 0 Å². The van der Waals surface area contributed by atoms with Gasteiger partial charge in [0.15, 0.2) is 5.82 Å². The average molecular weight is 386 g/mol. The fourth-order valence-electron chi connectivity index (χ4n) is 2.74. The number of carbonyl (C=O) groups is 1. The van der Waals surface area contributed by atoms with E-state index in [0.717, 1.165) is 16.6 Å². The number of fused-ring (bicyclic) bond motifs is 3. The molecule has 0 aliphatic rings. The number of carbonyl (C=O) groups excluding carboxylic acids is 1. The first-order valence-electron chi connectivity index (χ1n) is 7.64. The largest absolute Gasteiger partial charge is 0.368 e. The molecule has 2 N–H and O–H groups in total. The zero-order valence-electron chi connectivity index (χ0n) is 13.6. The van der Waals surface area contributed by atoms with E-state index in [9.17, 15) is 9.59 Å². The number of amides is 1.